The van der Waals surface area contributed by atoms with Crippen molar-refractivity contribution in [2.45, 2.75) is 24.4 Å². The lowest BCUT2D eigenvalue weighted by molar-refractivity contribution is -0.123. The number of amides is 1. The third kappa shape index (κ3) is 3.21. The molecule has 0 aromatic heterocycles. The van der Waals surface area contributed by atoms with Gasteiger partial charge in [-0.15, -0.1) is 0 Å². The molecule has 2 fully saturated rings. The number of benzene rings is 2. The number of halogens is 1. The van der Waals surface area contributed by atoms with E-state index in [1.165, 1.54) is 0 Å². The summed E-state index contributed by atoms with van der Waals surface area (Å²) < 4.78 is 20.6. The summed E-state index contributed by atoms with van der Waals surface area (Å²) in [6.45, 7) is 4.09. The Bertz CT molecular complexity index is 1150. The van der Waals surface area contributed by atoms with Gasteiger partial charge >= 0.3 is 0 Å². The van der Waals surface area contributed by atoms with Gasteiger partial charge < -0.3 is 14.6 Å². The highest BCUT2D eigenvalue weighted by molar-refractivity contribution is 6.08. The van der Waals surface area contributed by atoms with Crippen molar-refractivity contribution in [2.24, 2.45) is 0 Å². The number of ether oxygens (including phenoxy) is 1. The minimum absolute atomic E-state index is 0.0941. The molecular formula is C26H29FN4O2. The summed E-state index contributed by atoms with van der Waals surface area (Å²) in [6, 6.07) is 13.8. The molecule has 4 heterocycles. The average molecular weight is 449 g/mol. The van der Waals surface area contributed by atoms with Crippen LogP contribution in [0.3, 0.4) is 0 Å². The number of hydrogen-bond acceptors (Lipinski definition) is 5. The third-order valence-electron chi connectivity index (χ3n) is 7.83. The minimum Gasteiger partial charge on any atom is -0.378 e. The number of carbonyl (C=O) groups is 1. The molecule has 6 rings (SSSR count). The van der Waals surface area contributed by atoms with E-state index in [4.69, 9.17) is 4.74 Å². The van der Waals surface area contributed by atoms with Crippen LogP contribution >= 0.6 is 0 Å². The molecule has 0 bridgehead atoms. The number of anilines is 1. The van der Waals surface area contributed by atoms with E-state index >= 15 is 4.39 Å². The summed E-state index contributed by atoms with van der Waals surface area (Å²) in [5.41, 5.74) is 3.97. The summed E-state index contributed by atoms with van der Waals surface area (Å²) in [6.07, 6.45) is 2.82. The van der Waals surface area contributed by atoms with Gasteiger partial charge in [0.2, 0.25) is 5.91 Å². The molecular weight excluding hydrogens is 419 g/mol. The SMILES string of the molecule is CN1C=C(c2ccc(CN3C(=O)C4(CCN(C5COC5)C4)c4ccccc43)c(F)c2)CN1C. The summed E-state index contributed by atoms with van der Waals surface area (Å²) in [4.78, 5) is 18.0. The van der Waals surface area contributed by atoms with E-state index in [0.29, 0.717) is 18.2 Å². The zero-order valence-corrected chi connectivity index (χ0v) is 19.1. The fourth-order valence-corrected chi connectivity index (χ4v) is 5.67. The van der Waals surface area contributed by atoms with Crippen LogP contribution in [0.5, 0.6) is 0 Å². The van der Waals surface area contributed by atoms with E-state index in [2.05, 4.69) is 16.0 Å². The molecule has 1 atom stereocenters. The van der Waals surface area contributed by atoms with Crippen LogP contribution < -0.4 is 4.90 Å². The Kier molecular flexibility index (Phi) is 4.83. The molecule has 4 aliphatic heterocycles. The van der Waals surface area contributed by atoms with Gasteiger partial charge in [-0.1, -0.05) is 30.3 Å². The number of likely N-dealkylation sites (N-methyl/N-ethyl adjacent to an activating group) is 1. The van der Waals surface area contributed by atoms with Gasteiger partial charge in [0.05, 0.1) is 31.2 Å². The van der Waals surface area contributed by atoms with Crippen molar-refractivity contribution in [3.05, 3.63) is 71.2 Å². The van der Waals surface area contributed by atoms with E-state index in [1.54, 1.807) is 11.0 Å². The Balaban J connectivity index is 1.28. The predicted molar refractivity (Wildman–Crippen MR) is 125 cm³/mol. The van der Waals surface area contributed by atoms with Crippen molar-refractivity contribution in [2.75, 3.05) is 51.8 Å². The number of fused-ring (bicyclic) bond motifs is 2. The summed E-state index contributed by atoms with van der Waals surface area (Å²) >= 11 is 0. The van der Waals surface area contributed by atoms with Gasteiger partial charge in [-0.3, -0.25) is 9.69 Å². The number of carbonyl (C=O) groups excluding carboxylic acids is 1. The molecule has 33 heavy (non-hydrogen) atoms. The maximum Gasteiger partial charge on any atom is 0.239 e. The highest BCUT2D eigenvalue weighted by atomic mass is 19.1. The Morgan fingerprint density at radius 2 is 1.97 bits per heavy atom. The van der Waals surface area contributed by atoms with Crippen LogP contribution in [0.15, 0.2) is 48.7 Å². The molecule has 4 aliphatic rings. The van der Waals surface area contributed by atoms with Gasteiger partial charge in [-0.25, -0.2) is 9.40 Å². The van der Waals surface area contributed by atoms with Crippen LogP contribution in [-0.2, 0) is 21.5 Å². The Labute approximate surface area is 193 Å². The first kappa shape index (κ1) is 20.8. The quantitative estimate of drug-likeness (QED) is 0.719. The van der Waals surface area contributed by atoms with Crippen LogP contribution in [0.25, 0.3) is 5.57 Å². The number of likely N-dealkylation sites (tertiary alicyclic amines) is 1. The van der Waals surface area contributed by atoms with Crippen molar-refractivity contribution >= 4 is 17.2 Å². The van der Waals surface area contributed by atoms with Crippen LogP contribution in [0, 0.1) is 5.82 Å². The number of para-hydroxylation sites is 1. The highest BCUT2D eigenvalue weighted by Crippen LogP contribution is 2.48. The molecule has 0 N–H and O–H groups in total. The molecule has 0 saturated carbocycles. The van der Waals surface area contributed by atoms with Gasteiger partial charge in [-0.05, 0) is 35.3 Å². The maximum absolute atomic E-state index is 15.2. The van der Waals surface area contributed by atoms with Crippen LogP contribution in [0.1, 0.15) is 23.1 Å². The number of hydrazine groups is 1. The summed E-state index contributed by atoms with van der Waals surface area (Å²) in [5, 5.41) is 4.07. The fraction of sp³-hybridized carbons (Fsp3) is 0.423. The van der Waals surface area contributed by atoms with Gasteiger partial charge in [0.25, 0.3) is 0 Å². The largest absolute Gasteiger partial charge is 0.378 e. The summed E-state index contributed by atoms with van der Waals surface area (Å²) in [5.74, 6) is -0.173. The number of nitrogens with zero attached hydrogens (tertiary/aromatic N) is 4. The molecule has 1 unspecified atom stereocenters. The second kappa shape index (κ2) is 7.65. The Morgan fingerprint density at radius 1 is 1.15 bits per heavy atom. The second-order valence-electron chi connectivity index (χ2n) is 9.75. The molecule has 1 spiro atoms. The zero-order chi connectivity index (χ0) is 22.7. The number of rotatable bonds is 4. The van der Waals surface area contributed by atoms with Crippen molar-refractivity contribution in [1.29, 1.82) is 0 Å². The second-order valence-corrected chi connectivity index (χ2v) is 9.75. The maximum atomic E-state index is 15.2. The van der Waals surface area contributed by atoms with Crippen molar-refractivity contribution in [3.8, 4) is 0 Å². The van der Waals surface area contributed by atoms with E-state index < -0.39 is 5.41 Å². The van der Waals surface area contributed by atoms with Crippen LogP contribution in [0.4, 0.5) is 10.1 Å². The predicted octanol–water partition coefficient (Wildman–Crippen LogP) is 2.85. The van der Waals surface area contributed by atoms with Gasteiger partial charge in [0.15, 0.2) is 0 Å². The van der Waals surface area contributed by atoms with Gasteiger partial charge in [0.1, 0.15) is 5.82 Å². The van der Waals surface area contributed by atoms with Gasteiger partial charge in [-0.2, -0.15) is 0 Å². The standard InChI is InChI=1S/C26H29FN4O2/c1-28-12-20(13-29(28)2)18-7-8-19(23(27)11-18)14-31-24-6-4-3-5-22(24)26(25(31)32)9-10-30(17-26)21-15-33-16-21/h3-8,11-12,21H,9-10,13-17H2,1-2H3. The molecule has 0 aliphatic carbocycles. The topological polar surface area (TPSA) is 39.3 Å². The first-order valence-corrected chi connectivity index (χ1v) is 11.6. The molecule has 6 nitrogen and oxygen atoms in total. The van der Waals surface area contributed by atoms with Crippen molar-refractivity contribution in [3.63, 3.8) is 0 Å². The van der Waals surface area contributed by atoms with Crippen LogP contribution in [0.2, 0.25) is 0 Å². The minimum atomic E-state index is -0.535. The fourth-order valence-electron chi connectivity index (χ4n) is 5.67. The molecule has 0 radical (unpaired) electrons. The monoisotopic (exact) mass is 448 g/mol. The first-order chi connectivity index (χ1) is 16.0. The Morgan fingerprint density at radius 3 is 2.67 bits per heavy atom. The molecule has 7 heteroatoms. The first-order valence-electron chi connectivity index (χ1n) is 11.6. The van der Waals surface area contributed by atoms with E-state index in [1.807, 2.05) is 55.6 Å². The lowest BCUT2D eigenvalue weighted by atomic mass is 9.81. The Hall–Kier alpha value is -2.74. The normalized spacial score (nSPS) is 25.8. The molecule has 1 amide bonds. The van der Waals surface area contributed by atoms with Gasteiger partial charge in [0, 0.05) is 51.2 Å². The zero-order valence-electron chi connectivity index (χ0n) is 19.1. The highest BCUT2D eigenvalue weighted by Gasteiger charge is 2.55. The van der Waals surface area contributed by atoms with Crippen LogP contribution in [-0.4, -0.2) is 73.8 Å². The molecule has 2 aromatic carbocycles. The molecule has 2 aromatic rings. The third-order valence-corrected chi connectivity index (χ3v) is 7.83. The smallest absolute Gasteiger partial charge is 0.239 e. The van der Waals surface area contributed by atoms with E-state index in [9.17, 15) is 4.79 Å². The lowest BCUT2D eigenvalue weighted by Crippen LogP contribution is -2.50. The average Bonchev–Trinajstić information content (AvgIpc) is 3.41. The molecule has 172 valence electrons. The summed E-state index contributed by atoms with van der Waals surface area (Å²) in [7, 11) is 3.98. The van der Waals surface area contributed by atoms with Crippen molar-refractivity contribution < 1.29 is 13.9 Å². The van der Waals surface area contributed by atoms with Crippen molar-refractivity contribution in [1.82, 2.24) is 14.9 Å². The van der Waals surface area contributed by atoms with E-state index in [0.717, 1.165) is 55.1 Å². The number of hydrogen-bond donors (Lipinski definition) is 0. The lowest BCUT2D eigenvalue weighted by Gasteiger charge is -2.35. The van der Waals surface area contributed by atoms with E-state index in [-0.39, 0.29) is 18.3 Å². The molecule has 2 saturated heterocycles.